The number of nitrogens with one attached hydrogen (secondary N) is 3. The fourth-order valence-corrected chi connectivity index (χ4v) is 3.87. The van der Waals surface area contributed by atoms with Gasteiger partial charge in [0.1, 0.15) is 25.2 Å². The highest BCUT2D eigenvalue weighted by molar-refractivity contribution is 5.95. The van der Waals surface area contributed by atoms with Crippen LogP contribution in [0, 0.1) is 11.2 Å². The first kappa shape index (κ1) is 25.4. The molecule has 0 fully saturated rings. The lowest BCUT2D eigenvalue weighted by Gasteiger charge is -2.21. The number of aromatic nitrogens is 3. The predicted octanol–water partition coefficient (Wildman–Crippen LogP) is 3.68. The highest BCUT2D eigenvalue weighted by Gasteiger charge is 2.26. The Morgan fingerprint density at radius 1 is 1.22 bits per heavy atom. The molecule has 0 aliphatic carbocycles. The topological polar surface area (TPSA) is 148 Å². The fourth-order valence-electron chi connectivity index (χ4n) is 3.87. The maximum absolute atomic E-state index is 15.7. The van der Waals surface area contributed by atoms with E-state index in [4.69, 9.17) is 21.6 Å². The number of aryl methyl sites for hydroxylation is 1. The summed E-state index contributed by atoms with van der Waals surface area (Å²) < 4.78 is 35.0. The number of amidine groups is 1. The zero-order valence-corrected chi connectivity index (χ0v) is 20.1. The summed E-state index contributed by atoms with van der Waals surface area (Å²) in [6, 6.07) is 15.6. The Morgan fingerprint density at radius 2 is 1.95 bits per heavy atom. The molecule has 7 N–H and O–H groups in total. The van der Waals surface area contributed by atoms with Gasteiger partial charge in [-0.15, -0.1) is 5.10 Å². The maximum Gasteiger partial charge on any atom is 0.348 e. The van der Waals surface area contributed by atoms with Crippen LogP contribution < -0.4 is 27.2 Å². The molecule has 0 aliphatic heterocycles. The Bertz CT molecular complexity index is 1460. The molecule has 4 aromatic rings. The Kier molecular flexibility index (Phi) is 7.52. The normalized spacial score (nSPS) is 11.8. The monoisotopic (exact) mass is 507 g/mol. The van der Waals surface area contributed by atoms with E-state index in [1.807, 2.05) is 6.92 Å². The number of ether oxygens (including phenoxy) is 1. The number of para-hydroxylation sites is 2. The summed E-state index contributed by atoms with van der Waals surface area (Å²) in [5, 5.41) is 15.2. The number of aromatic amines is 1. The van der Waals surface area contributed by atoms with Crippen molar-refractivity contribution in [2.24, 2.45) is 5.73 Å². The lowest BCUT2D eigenvalue weighted by Crippen LogP contribution is -2.18. The molecule has 1 unspecified atom stereocenters. The smallest absolute Gasteiger partial charge is 0.348 e. The molecule has 0 saturated carbocycles. The average molecular weight is 508 g/mol. The number of alkyl halides is 1. The van der Waals surface area contributed by atoms with E-state index < -0.39 is 24.2 Å². The van der Waals surface area contributed by atoms with E-state index in [0.717, 1.165) is 10.2 Å². The van der Waals surface area contributed by atoms with Gasteiger partial charge in [0.2, 0.25) is 0 Å². The molecule has 4 rings (SSSR count). The van der Waals surface area contributed by atoms with Crippen molar-refractivity contribution in [3.8, 4) is 11.4 Å². The molecule has 192 valence electrons. The maximum atomic E-state index is 15.7. The second-order valence-electron chi connectivity index (χ2n) is 8.24. The molecule has 1 heterocycles. The van der Waals surface area contributed by atoms with Crippen LogP contribution in [0.3, 0.4) is 0 Å². The number of benzene rings is 3. The molecular formula is C26H27F2N7O2. The van der Waals surface area contributed by atoms with Crippen molar-refractivity contribution in [3.63, 3.8) is 0 Å². The third kappa shape index (κ3) is 5.45. The summed E-state index contributed by atoms with van der Waals surface area (Å²) in [6.45, 7) is 0.825. The molecule has 0 radical (unpaired) electrons. The second kappa shape index (κ2) is 10.9. The number of hydrogen-bond donors (Lipinski definition) is 5. The summed E-state index contributed by atoms with van der Waals surface area (Å²) in [5.41, 5.74) is 13.7. The van der Waals surface area contributed by atoms with Gasteiger partial charge in [-0.3, -0.25) is 10.4 Å². The summed E-state index contributed by atoms with van der Waals surface area (Å²) in [7, 11) is 0. The Labute approximate surface area is 211 Å². The van der Waals surface area contributed by atoms with Gasteiger partial charge in [0.15, 0.2) is 17.4 Å². The van der Waals surface area contributed by atoms with Gasteiger partial charge < -0.3 is 21.5 Å². The molecule has 37 heavy (non-hydrogen) atoms. The van der Waals surface area contributed by atoms with Crippen molar-refractivity contribution >= 4 is 17.2 Å². The lowest BCUT2D eigenvalue weighted by molar-refractivity contribution is 0.261. The zero-order valence-electron chi connectivity index (χ0n) is 20.1. The van der Waals surface area contributed by atoms with Crippen molar-refractivity contribution in [1.82, 2.24) is 14.8 Å². The van der Waals surface area contributed by atoms with Gasteiger partial charge >= 0.3 is 5.69 Å². The van der Waals surface area contributed by atoms with Crippen molar-refractivity contribution < 1.29 is 13.5 Å². The molecule has 0 amide bonds. The van der Waals surface area contributed by atoms with Gasteiger partial charge in [0.25, 0.3) is 0 Å². The van der Waals surface area contributed by atoms with Crippen LogP contribution in [-0.4, -0.2) is 33.9 Å². The van der Waals surface area contributed by atoms with E-state index in [1.165, 1.54) is 6.07 Å². The number of anilines is 2. The van der Waals surface area contributed by atoms with Crippen LogP contribution in [0.2, 0.25) is 0 Å². The number of nitrogen functional groups attached to an aromatic ring is 2. The van der Waals surface area contributed by atoms with Crippen LogP contribution in [0.5, 0.6) is 5.75 Å². The second-order valence-corrected chi connectivity index (χ2v) is 8.24. The molecular weight excluding hydrogens is 480 g/mol. The first-order valence-corrected chi connectivity index (χ1v) is 11.6. The standard InChI is InChI=1S/C26H27F2N7O2/c1-2-15-13-18(22(28)21(14-15)37-12-11-27)23(32-17-9-7-16(8-10-17)24(30)31)25-33-26(36)35(34-25)20-6-4-3-5-19(20)29/h3-10,13-14,23,32H,2,11-12,29H2,1H3,(H3,30,31)(H,33,34,36). The molecule has 0 aliphatic rings. The van der Waals surface area contributed by atoms with Crippen LogP contribution >= 0.6 is 0 Å². The highest BCUT2D eigenvalue weighted by Crippen LogP contribution is 2.33. The SMILES string of the molecule is CCc1cc(OCCF)c(F)c(C(Nc2ccc(C(=N)N)cc2)c2nn(-c3ccccc3N)c(=O)[nH]2)c1. The molecule has 0 bridgehead atoms. The Balaban J connectivity index is 1.85. The van der Waals surface area contributed by atoms with Gasteiger partial charge in [-0.1, -0.05) is 25.1 Å². The number of hydrogen-bond acceptors (Lipinski definition) is 6. The summed E-state index contributed by atoms with van der Waals surface area (Å²) in [5.74, 6) is -0.784. The summed E-state index contributed by atoms with van der Waals surface area (Å²) in [6.07, 6.45) is 0.560. The van der Waals surface area contributed by atoms with Crippen molar-refractivity contribution in [2.75, 3.05) is 24.3 Å². The van der Waals surface area contributed by atoms with Crippen LogP contribution in [0.4, 0.5) is 20.2 Å². The first-order chi connectivity index (χ1) is 17.8. The van der Waals surface area contributed by atoms with Gasteiger partial charge in [0, 0.05) is 16.8 Å². The molecule has 11 heteroatoms. The number of nitrogens with zero attached hydrogens (tertiary/aromatic N) is 2. The Hall–Kier alpha value is -4.67. The minimum Gasteiger partial charge on any atom is -0.488 e. The summed E-state index contributed by atoms with van der Waals surface area (Å²) in [4.78, 5) is 15.6. The number of halogens is 2. The molecule has 0 saturated heterocycles. The van der Waals surface area contributed by atoms with Gasteiger partial charge in [-0.2, -0.15) is 4.68 Å². The van der Waals surface area contributed by atoms with Crippen molar-refractivity contribution in [3.05, 3.63) is 99.5 Å². The summed E-state index contributed by atoms with van der Waals surface area (Å²) >= 11 is 0. The predicted molar refractivity (Wildman–Crippen MR) is 139 cm³/mol. The van der Waals surface area contributed by atoms with Crippen LogP contribution in [0.25, 0.3) is 5.69 Å². The van der Waals surface area contributed by atoms with Crippen LogP contribution in [-0.2, 0) is 6.42 Å². The average Bonchev–Trinajstić information content (AvgIpc) is 3.28. The minimum atomic E-state index is -0.971. The number of H-pyrrole nitrogens is 1. The van der Waals surface area contributed by atoms with E-state index in [2.05, 4.69) is 15.4 Å². The van der Waals surface area contributed by atoms with E-state index >= 15 is 4.39 Å². The highest BCUT2D eigenvalue weighted by atomic mass is 19.1. The molecule has 3 aromatic carbocycles. The largest absolute Gasteiger partial charge is 0.488 e. The van der Waals surface area contributed by atoms with Crippen molar-refractivity contribution in [1.29, 1.82) is 5.41 Å². The van der Waals surface area contributed by atoms with E-state index in [9.17, 15) is 9.18 Å². The van der Waals surface area contributed by atoms with Crippen LogP contribution in [0.15, 0.2) is 65.5 Å². The van der Waals surface area contributed by atoms with Crippen molar-refractivity contribution in [2.45, 2.75) is 19.4 Å². The van der Waals surface area contributed by atoms with Gasteiger partial charge in [-0.05, 0) is 54.4 Å². The quantitative estimate of drug-likeness (QED) is 0.126. The third-order valence-corrected chi connectivity index (χ3v) is 5.76. The first-order valence-electron chi connectivity index (χ1n) is 11.6. The van der Waals surface area contributed by atoms with E-state index in [0.29, 0.717) is 29.0 Å². The third-order valence-electron chi connectivity index (χ3n) is 5.76. The van der Waals surface area contributed by atoms with Gasteiger partial charge in [0.05, 0.1) is 11.4 Å². The lowest BCUT2D eigenvalue weighted by atomic mass is 10.00. The Morgan fingerprint density at radius 3 is 2.59 bits per heavy atom. The number of nitrogens with two attached hydrogens (primary N) is 2. The number of rotatable bonds is 10. The van der Waals surface area contributed by atoms with E-state index in [-0.39, 0.29) is 29.6 Å². The molecule has 1 aromatic heterocycles. The minimum absolute atomic E-state index is 0.0945. The van der Waals surface area contributed by atoms with Crippen LogP contribution in [0.1, 0.15) is 35.5 Å². The molecule has 1 atom stereocenters. The fraction of sp³-hybridized carbons (Fsp3) is 0.192. The zero-order chi connectivity index (χ0) is 26.5. The molecule has 9 nitrogen and oxygen atoms in total. The van der Waals surface area contributed by atoms with E-state index in [1.54, 1.807) is 54.6 Å². The molecule has 0 spiro atoms. The van der Waals surface area contributed by atoms with Gasteiger partial charge in [-0.25, -0.2) is 13.6 Å².